The van der Waals surface area contributed by atoms with Crippen molar-refractivity contribution in [2.45, 2.75) is 244 Å². The van der Waals surface area contributed by atoms with E-state index in [0.29, 0.717) is 12.8 Å². The fourth-order valence-electron chi connectivity index (χ4n) is 6.79. The second kappa shape index (κ2) is 40.3. The van der Waals surface area contributed by atoms with Crippen molar-refractivity contribution in [3.63, 3.8) is 0 Å². The molecule has 3 unspecified atom stereocenters. The van der Waals surface area contributed by atoms with Crippen LogP contribution in [-0.2, 0) is 32.7 Å². The Labute approximate surface area is 342 Å². The molecule has 0 heterocycles. The van der Waals surface area contributed by atoms with Crippen LogP contribution in [-0.4, -0.2) is 64.9 Å². The number of aliphatic hydroxyl groups is 1. The van der Waals surface area contributed by atoms with Gasteiger partial charge in [-0.2, -0.15) is 0 Å². The van der Waals surface area contributed by atoms with Crippen LogP contribution in [0.25, 0.3) is 0 Å². The van der Waals surface area contributed by atoms with E-state index in [4.69, 9.17) is 13.8 Å². The van der Waals surface area contributed by atoms with E-state index in [2.05, 4.69) is 19.2 Å². The van der Waals surface area contributed by atoms with E-state index in [0.717, 1.165) is 38.5 Å². The number of unbranched alkanes of at least 4 members (excludes halogenated alkanes) is 30. The number of carboxylic acids is 1. The number of hydrogen-bond acceptors (Lipinski definition) is 8. The Balaban J connectivity index is 3.83. The molecule has 0 radical (unpaired) electrons. The average Bonchev–Trinajstić information content (AvgIpc) is 3.17. The largest absolute Gasteiger partial charge is 0.480 e. The highest BCUT2D eigenvalue weighted by Crippen LogP contribution is 2.43. The second-order valence-electron chi connectivity index (χ2n) is 16.0. The Kier molecular flexibility index (Phi) is 39.2. The van der Waals surface area contributed by atoms with Gasteiger partial charge >= 0.3 is 19.8 Å². The molecule has 0 saturated heterocycles. The topological polar surface area (TPSA) is 169 Å². The first-order chi connectivity index (χ1) is 27.1. The van der Waals surface area contributed by atoms with Crippen LogP contribution in [0.15, 0.2) is 0 Å². The molecule has 4 N–H and O–H groups in total. The van der Waals surface area contributed by atoms with E-state index >= 15 is 0 Å². The van der Waals surface area contributed by atoms with Crippen molar-refractivity contribution in [3.8, 4) is 0 Å². The lowest BCUT2D eigenvalue weighted by molar-refractivity contribution is -0.147. The Bertz CT molecular complexity index is 968. The van der Waals surface area contributed by atoms with Crippen LogP contribution < -0.4 is 5.32 Å². The molecule has 0 aliphatic rings. The smallest absolute Gasteiger partial charge is 0.472 e. The molecular weight excluding hydrogens is 733 g/mol. The van der Waals surface area contributed by atoms with Crippen molar-refractivity contribution in [1.29, 1.82) is 0 Å². The van der Waals surface area contributed by atoms with Gasteiger partial charge in [-0.15, -0.1) is 0 Å². The second-order valence-corrected chi connectivity index (χ2v) is 17.4. The minimum atomic E-state index is -4.75. The quantitative estimate of drug-likeness (QED) is 0.0264. The number of hydrogen-bond donors (Lipinski definition) is 4. The highest BCUT2D eigenvalue weighted by Gasteiger charge is 2.28. The maximum atomic E-state index is 12.3. The van der Waals surface area contributed by atoms with Crippen LogP contribution in [0, 0.1) is 0 Å². The zero-order valence-electron chi connectivity index (χ0n) is 36.0. The van der Waals surface area contributed by atoms with Gasteiger partial charge in [0.05, 0.1) is 13.2 Å². The maximum absolute atomic E-state index is 12.3. The number of rotatable bonds is 44. The summed E-state index contributed by atoms with van der Waals surface area (Å²) >= 11 is 0. The summed E-state index contributed by atoms with van der Waals surface area (Å²) in [4.78, 5) is 45.9. The number of amides is 1. The van der Waals surface area contributed by atoms with Gasteiger partial charge in [-0.1, -0.05) is 206 Å². The first kappa shape index (κ1) is 54.5. The number of phosphoric acid groups is 1. The molecule has 0 saturated carbocycles. The van der Waals surface area contributed by atoms with Gasteiger partial charge in [-0.3, -0.25) is 18.6 Å². The number of esters is 1. The number of carbonyl (C=O) groups excluding carboxylic acids is 2. The fraction of sp³-hybridized carbons (Fsp3) is 0.932. The van der Waals surface area contributed by atoms with Crippen LogP contribution in [0.4, 0.5) is 0 Å². The number of ether oxygens (including phenoxy) is 1. The number of phosphoric ester groups is 1. The Morgan fingerprint density at radius 2 is 0.821 bits per heavy atom. The van der Waals surface area contributed by atoms with E-state index in [1.807, 2.05) is 0 Å². The van der Waals surface area contributed by atoms with Gasteiger partial charge in [-0.25, -0.2) is 9.36 Å². The number of carbonyl (C=O) groups is 3. The number of aliphatic hydroxyl groups excluding tert-OH is 1. The highest BCUT2D eigenvalue weighted by atomic mass is 31.2. The molecular formula is C44H86NO10P. The van der Waals surface area contributed by atoms with Gasteiger partial charge in [0, 0.05) is 12.8 Å². The molecule has 1 amide bonds. The lowest BCUT2D eigenvalue weighted by Crippen LogP contribution is -2.43. The van der Waals surface area contributed by atoms with Gasteiger partial charge in [0.25, 0.3) is 0 Å². The van der Waals surface area contributed by atoms with Crippen molar-refractivity contribution in [1.82, 2.24) is 5.32 Å². The summed E-state index contributed by atoms with van der Waals surface area (Å²) in [6.07, 6.45) is 38.4. The summed E-state index contributed by atoms with van der Waals surface area (Å²) in [5, 5.41) is 21.8. The first-order valence-electron chi connectivity index (χ1n) is 23.1. The monoisotopic (exact) mass is 820 g/mol. The van der Waals surface area contributed by atoms with Gasteiger partial charge in [0.2, 0.25) is 5.91 Å². The highest BCUT2D eigenvalue weighted by molar-refractivity contribution is 7.47. The third-order valence-corrected chi connectivity index (χ3v) is 11.3. The van der Waals surface area contributed by atoms with Crippen LogP contribution >= 0.6 is 7.82 Å². The van der Waals surface area contributed by atoms with Crippen LogP contribution in [0.5, 0.6) is 0 Å². The van der Waals surface area contributed by atoms with E-state index in [-0.39, 0.29) is 12.8 Å². The number of aliphatic carboxylic acids is 1. The van der Waals surface area contributed by atoms with Gasteiger partial charge in [-0.05, 0) is 12.8 Å². The van der Waals surface area contributed by atoms with E-state index in [9.17, 15) is 34.1 Å². The molecule has 3 atom stereocenters. The minimum absolute atomic E-state index is 0.152. The normalized spacial score (nSPS) is 13.6. The third kappa shape index (κ3) is 39.3. The summed E-state index contributed by atoms with van der Waals surface area (Å²) in [7, 11) is -4.75. The molecule has 0 spiro atoms. The number of carboxylic acid groups (broad SMARTS) is 1. The molecule has 0 fully saturated rings. The van der Waals surface area contributed by atoms with E-state index < -0.39 is 57.6 Å². The van der Waals surface area contributed by atoms with Crippen molar-refractivity contribution >= 4 is 25.7 Å². The van der Waals surface area contributed by atoms with E-state index in [1.165, 1.54) is 154 Å². The predicted octanol–water partition coefficient (Wildman–Crippen LogP) is 11.9. The van der Waals surface area contributed by atoms with Crippen LogP contribution in [0.2, 0.25) is 0 Å². The summed E-state index contributed by atoms with van der Waals surface area (Å²) in [5.74, 6) is -2.35. The third-order valence-electron chi connectivity index (χ3n) is 10.4. The van der Waals surface area contributed by atoms with Gasteiger partial charge in [0.15, 0.2) is 6.04 Å². The Morgan fingerprint density at radius 3 is 1.18 bits per heavy atom. The summed E-state index contributed by atoms with van der Waals surface area (Å²) < 4.78 is 26.9. The minimum Gasteiger partial charge on any atom is -0.480 e. The van der Waals surface area contributed by atoms with Gasteiger partial charge in [0.1, 0.15) is 12.7 Å². The predicted molar refractivity (Wildman–Crippen MR) is 227 cm³/mol. The lowest BCUT2D eigenvalue weighted by Gasteiger charge is -2.18. The molecule has 332 valence electrons. The summed E-state index contributed by atoms with van der Waals surface area (Å²) in [5.41, 5.74) is 0. The lowest BCUT2D eigenvalue weighted by atomic mass is 10.0. The molecule has 0 rings (SSSR count). The standard InChI is InChI=1S/C44H86NO10P/c1-3-5-7-9-11-13-15-17-19-20-21-22-24-26-28-30-32-34-36-43(48)53-37-40(46)38-54-56(51,52)55-39-41(44(49)50)45-42(47)35-33-31-29-27-25-23-18-16-14-12-10-8-6-4-2/h40-41,46H,3-39H2,1-2H3,(H,45,47)(H,49,50)(H,51,52). The molecule has 0 aromatic heterocycles. The molecule has 0 aromatic carbocycles. The maximum Gasteiger partial charge on any atom is 0.472 e. The molecule has 12 heteroatoms. The molecule has 56 heavy (non-hydrogen) atoms. The summed E-state index contributed by atoms with van der Waals surface area (Å²) in [6.45, 7) is 2.63. The van der Waals surface area contributed by atoms with Crippen LogP contribution in [0.1, 0.15) is 232 Å². The average molecular weight is 820 g/mol. The van der Waals surface area contributed by atoms with Crippen molar-refractivity contribution in [2.75, 3.05) is 19.8 Å². The Morgan fingerprint density at radius 1 is 0.500 bits per heavy atom. The van der Waals surface area contributed by atoms with Crippen molar-refractivity contribution < 1.29 is 47.8 Å². The summed E-state index contributed by atoms with van der Waals surface area (Å²) in [6, 6.07) is -1.54. The Hall–Kier alpha value is -1.52. The van der Waals surface area contributed by atoms with Crippen LogP contribution in [0.3, 0.4) is 0 Å². The number of nitrogens with one attached hydrogen (secondary N) is 1. The van der Waals surface area contributed by atoms with E-state index in [1.54, 1.807) is 0 Å². The molecule has 0 bridgehead atoms. The molecule has 11 nitrogen and oxygen atoms in total. The first-order valence-corrected chi connectivity index (χ1v) is 24.6. The molecule has 0 aliphatic heterocycles. The fourth-order valence-corrected chi connectivity index (χ4v) is 7.56. The molecule has 0 aromatic rings. The molecule has 0 aliphatic carbocycles. The zero-order chi connectivity index (χ0) is 41.4. The van der Waals surface area contributed by atoms with Crippen molar-refractivity contribution in [2.24, 2.45) is 0 Å². The van der Waals surface area contributed by atoms with Crippen molar-refractivity contribution in [3.05, 3.63) is 0 Å². The zero-order valence-corrected chi connectivity index (χ0v) is 36.9. The SMILES string of the molecule is CCCCCCCCCCCCCCCCCCCCC(=O)OCC(O)COP(=O)(O)OCC(NC(=O)CCCCCCCCCCCCCCCC)C(=O)O. The van der Waals surface area contributed by atoms with Gasteiger partial charge < -0.3 is 25.2 Å².